The maximum Gasteiger partial charge on any atom is 0.408 e. The van der Waals surface area contributed by atoms with Crippen LogP contribution in [0.1, 0.15) is 17.4 Å². The molecule has 3 rings (SSSR count). The smallest absolute Gasteiger partial charge is 0.408 e. The fraction of sp³-hybridized carbons (Fsp3) is 0.400. The Morgan fingerprint density at radius 1 is 1.16 bits per heavy atom. The lowest BCUT2D eigenvalue weighted by Crippen LogP contribution is -2.44. The van der Waals surface area contributed by atoms with Crippen LogP contribution in [0.25, 0.3) is 0 Å². The molecule has 2 aromatic rings. The van der Waals surface area contributed by atoms with Crippen LogP contribution in [-0.2, 0) is 37.4 Å². The van der Waals surface area contributed by atoms with Gasteiger partial charge in [0.15, 0.2) is 0 Å². The summed E-state index contributed by atoms with van der Waals surface area (Å²) in [5, 5.41) is 5.17. The third-order valence-corrected chi connectivity index (χ3v) is 8.03. The Bertz CT molecular complexity index is 987. The van der Waals surface area contributed by atoms with Crippen LogP contribution in [0.3, 0.4) is 0 Å². The first kappa shape index (κ1) is 23.2. The molecule has 1 saturated heterocycles. The number of carbonyl (C=O) groups excluding carboxylic acids is 2. The van der Waals surface area contributed by atoms with Gasteiger partial charge in [0.25, 0.3) is 10.0 Å². The van der Waals surface area contributed by atoms with Crippen molar-refractivity contribution >= 4 is 33.4 Å². The summed E-state index contributed by atoms with van der Waals surface area (Å²) in [6, 6.07) is 11.6. The number of alkyl carbamates (subject to hydrolysis) is 1. The van der Waals surface area contributed by atoms with Gasteiger partial charge >= 0.3 is 6.09 Å². The standard InChI is InChI=1S/C20H25N3O6S2/c1-15(22-20(25)29-14-16-5-3-2-4-6-16)19(24)21-13-17-7-8-18(30-17)31(26,27)23-9-11-28-12-10-23/h2-8,15H,9-14H2,1H3,(H,21,24)(H,22,25)/t15-/m0/s1. The van der Waals surface area contributed by atoms with Gasteiger partial charge in [-0.3, -0.25) is 4.79 Å². The highest BCUT2D eigenvalue weighted by atomic mass is 32.2. The van der Waals surface area contributed by atoms with Gasteiger partial charge in [-0.05, 0) is 24.6 Å². The quantitative estimate of drug-likeness (QED) is 0.611. The highest BCUT2D eigenvalue weighted by molar-refractivity contribution is 7.91. The molecule has 1 fully saturated rings. The number of nitrogens with one attached hydrogen (secondary N) is 2. The number of rotatable bonds is 8. The van der Waals surface area contributed by atoms with E-state index in [4.69, 9.17) is 9.47 Å². The monoisotopic (exact) mass is 467 g/mol. The first-order valence-electron chi connectivity index (χ1n) is 9.78. The first-order chi connectivity index (χ1) is 14.9. The van der Waals surface area contributed by atoms with E-state index in [0.717, 1.165) is 16.9 Å². The minimum absolute atomic E-state index is 0.108. The lowest BCUT2D eigenvalue weighted by Gasteiger charge is -2.25. The molecular formula is C20H25N3O6S2. The van der Waals surface area contributed by atoms with E-state index in [1.165, 1.54) is 4.31 Å². The third kappa shape index (κ3) is 6.50. The Kier molecular flexibility index (Phi) is 8.02. The summed E-state index contributed by atoms with van der Waals surface area (Å²) in [6.45, 7) is 3.23. The zero-order valence-electron chi connectivity index (χ0n) is 17.1. The average molecular weight is 468 g/mol. The summed E-state index contributed by atoms with van der Waals surface area (Å²) in [7, 11) is -3.56. The molecule has 0 bridgehead atoms. The van der Waals surface area contributed by atoms with E-state index in [2.05, 4.69) is 10.6 Å². The van der Waals surface area contributed by atoms with E-state index in [1.807, 2.05) is 30.3 Å². The molecule has 0 aliphatic carbocycles. The molecule has 0 spiro atoms. The van der Waals surface area contributed by atoms with Crippen LogP contribution in [0.2, 0.25) is 0 Å². The van der Waals surface area contributed by atoms with E-state index in [1.54, 1.807) is 19.1 Å². The molecule has 1 aliphatic rings. The van der Waals surface area contributed by atoms with Crippen molar-refractivity contribution in [1.82, 2.24) is 14.9 Å². The van der Waals surface area contributed by atoms with Crippen LogP contribution >= 0.6 is 11.3 Å². The lowest BCUT2D eigenvalue weighted by atomic mass is 10.2. The second-order valence-corrected chi connectivity index (χ2v) is 10.2. The van der Waals surface area contributed by atoms with Gasteiger partial charge in [0.1, 0.15) is 16.9 Å². The Morgan fingerprint density at radius 2 is 1.87 bits per heavy atom. The molecule has 1 atom stereocenters. The van der Waals surface area contributed by atoms with Gasteiger partial charge in [-0.15, -0.1) is 11.3 Å². The number of ether oxygens (including phenoxy) is 2. The predicted octanol–water partition coefficient (Wildman–Crippen LogP) is 1.70. The van der Waals surface area contributed by atoms with Crippen LogP contribution < -0.4 is 10.6 Å². The number of amides is 2. The SMILES string of the molecule is C[C@H](NC(=O)OCc1ccccc1)C(=O)NCc1ccc(S(=O)(=O)N2CCOCC2)s1. The van der Waals surface area contributed by atoms with Crippen molar-refractivity contribution in [3.8, 4) is 0 Å². The molecule has 9 nitrogen and oxygen atoms in total. The number of benzene rings is 1. The molecule has 1 aromatic carbocycles. The molecule has 2 heterocycles. The van der Waals surface area contributed by atoms with Crippen molar-refractivity contribution in [2.45, 2.75) is 30.3 Å². The molecule has 11 heteroatoms. The second kappa shape index (κ2) is 10.7. The number of carbonyl (C=O) groups is 2. The molecule has 31 heavy (non-hydrogen) atoms. The van der Waals surface area contributed by atoms with Gasteiger partial charge in [-0.2, -0.15) is 4.31 Å². The fourth-order valence-electron chi connectivity index (χ4n) is 2.84. The van der Waals surface area contributed by atoms with Gasteiger partial charge in [-0.1, -0.05) is 30.3 Å². The average Bonchev–Trinajstić information content (AvgIpc) is 3.27. The molecule has 1 aromatic heterocycles. The summed E-state index contributed by atoms with van der Waals surface area (Å²) in [4.78, 5) is 24.8. The molecule has 0 saturated carbocycles. The highest BCUT2D eigenvalue weighted by Crippen LogP contribution is 2.25. The minimum atomic E-state index is -3.56. The van der Waals surface area contributed by atoms with Crippen LogP contribution in [0.15, 0.2) is 46.7 Å². The van der Waals surface area contributed by atoms with E-state index >= 15 is 0 Å². The van der Waals surface area contributed by atoms with Crippen molar-refractivity contribution in [1.29, 1.82) is 0 Å². The maximum absolute atomic E-state index is 12.7. The van der Waals surface area contributed by atoms with Crippen LogP contribution in [0.5, 0.6) is 0 Å². The number of hydrogen-bond acceptors (Lipinski definition) is 7. The van der Waals surface area contributed by atoms with Gasteiger partial charge in [0.2, 0.25) is 5.91 Å². The summed E-state index contributed by atoms with van der Waals surface area (Å²) in [5.41, 5.74) is 0.843. The van der Waals surface area contributed by atoms with Crippen molar-refractivity contribution < 1.29 is 27.5 Å². The number of hydrogen-bond donors (Lipinski definition) is 2. The number of thiophene rings is 1. The van der Waals surface area contributed by atoms with Gasteiger partial charge < -0.3 is 20.1 Å². The minimum Gasteiger partial charge on any atom is -0.445 e. The summed E-state index contributed by atoms with van der Waals surface area (Å²) < 4.78 is 37.3. The topological polar surface area (TPSA) is 114 Å². The Labute approximate surface area is 185 Å². The molecule has 1 aliphatic heterocycles. The Morgan fingerprint density at radius 3 is 2.58 bits per heavy atom. The lowest BCUT2D eigenvalue weighted by molar-refractivity contribution is -0.122. The van der Waals surface area contributed by atoms with Crippen LogP contribution in [0, 0.1) is 0 Å². The molecule has 0 radical (unpaired) electrons. The van der Waals surface area contributed by atoms with Crippen LogP contribution in [0.4, 0.5) is 4.79 Å². The maximum atomic E-state index is 12.7. The number of morpholine rings is 1. The summed E-state index contributed by atoms with van der Waals surface area (Å²) in [6.07, 6.45) is -0.693. The van der Waals surface area contributed by atoms with Crippen molar-refractivity contribution in [3.05, 3.63) is 52.9 Å². The fourth-order valence-corrected chi connectivity index (χ4v) is 5.70. The predicted molar refractivity (Wildman–Crippen MR) is 115 cm³/mol. The normalized spacial score (nSPS) is 15.8. The van der Waals surface area contributed by atoms with Crippen molar-refractivity contribution in [3.63, 3.8) is 0 Å². The molecule has 2 amide bonds. The van der Waals surface area contributed by atoms with Crippen LogP contribution in [-0.4, -0.2) is 57.1 Å². The van der Waals surface area contributed by atoms with Gasteiger partial charge in [0, 0.05) is 18.0 Å². The van der Waals surface area contributed by atoms with Gasteiger partial charge in [-0.25, -0.2) is 13.2 Å². The van der Waals surface area contributed by atoms with E-state index < -0.39 is 28.1 Å². The largest absolute Gasteiger partial charge is 0.445 e. The zero-order valence-corrected chi connectivity index (χ0v) is 18.7. The zero-order chi connectivity index (χ0) is 22.3. The van der Waals surface area contributed by atoms with E-state index in [9.17, 15) is 18.0 Å². The third-order valence-electron chi connectivity index (χ3n) is 4.58. The molecule has 0 unspecified atom stereocenters. The van der Waals surface area contributed by atoms with Crippen molar-refractivity contribution in [2.75, 3.05) is 26.3 Å². The summed E-state index contributed by atoms with van der Waals surface area (Å²) >= 11 is 1.11. The Hall–Kier alpha value is -2.47. The highest BCUT2D eigenvalue weighted by Gasteiger charge is 2.27. The first-order valence-corrected chi connectivity index (χ1v) is 12.0. The molecule has 168 valence electrons. The van der Waals surface area contributed by atoms with Gasteiger partial charge in [0.05, 0.1) is 19.8 Å². The molecule has 2 N–H and O–H groups in total. The van der Waals surface area contributed by atoms with E-state index in [-0.39, 0.29) is 17.4 Å². The Balaban J connectivity index is 1.45. The summed E-state index contributed by atoms with van der Waals surface area (Å²) in [5.74, 6) is -0.400. The molecular weight excluding hydrogens is 442 g/mol. The second-order valence-electron chi connectivity index (χ2n) is 6.88. The number of nitrogens with zero attached hydrogens (tertiary/aromatic N) is 1. The van der Waals surface area contributed by atoms with E-state index in [0.29, 0.717) is 31.2 Å². The van der Waals surface area contributed by atoms with Crippen molar-refractivity contribution in [2.24, 2.45) is 0 Å². The number of sulfonamides is 1.